The fourth-order valence-electron chi connectivity index (χ4n) is 3.28. The lowest BCUT2D eigenvalue weighted by Gasteiger charge is -2.14. The molecular weight excluding hydrogens is 468 g/mol. The third kappa shape index (κ3) is 6.69. The van der Waals surface area contributed by atoms with Gasteiger partial charge in [0.25, 0.3) is 5.91 Å². The average molecular weight is 493 g/mol. The van der Waals surface area contributed by atoms with Crippen LogP contribution in [0.25, 0.3) is 6.08 Å². The van der Waals surface area contributed by atoms with Crippen molar-refractivity contribution < 1.29 is 23.7 Å². The minimum absolute atomic E-state index is 0.0893. The summed E-state index contributed by atoms with van der Waals surface area (Å²) in [5.41, 5.74) is 2.15. The number of hydrogen-bond acceptors (Lipinski definition) is 6. The quantitative estimate of drug-likeness (QED) is 0.310. The van der Waals surface area contributed by atoms with Gasteiger partial charge in [-0.2, -0.15) is 5.26 Å². The molecular formula is C27H25ClN2O5. The van der Waals surface area contributed by atoms with Gasteiger partial charge in [0.2, 0.25) is 0 Å². The monoisotopic (exact) mass is 492 g/mol. The molecule has 0 heterocycles. The maximum Gasteiger partial charge on any atom is 0.262 e. The number of carbonyl (C=O) groups is 1. The second-order valence-corrected chi connectivity index (χ2v) is 7.75. The van der Waals surface area contributed by atoms with Crippen LogP contribution in [0, 0.1) is 11.3 Å². The molecule has 0 aliphatic carbocycles. The topological polar surface area (TPSA) is 89.8 Å². The Hall–Kier alpha value is -4.15. The van der Waals surface area contributed by atoms with Crippen LogP contribution in [-0.4, -0.2) is 27.2 Å². The Kier molecular flexibility index (Phi) is 8.99. The van der Waals surface area contributed by atoms with E-state index in [4.69, 9.17) is 30.5 Å². The van der Waals surface area contributed by atoms with Gasteiger partial charge in [0.1, 0.15) is 29.7 Å². The molecule has 1 amide bonds. The molecule has 3 aromatic rings. The lowest BCUT2D eigenvalue weighted by molar-refractivity contribution is -0.117. The van der Waals surface area contributed by atoms with Gasteiger partial charge < -0.3 is 24.3 Å². The zero-order chi connectivity index (χ0) is 25.2. The summed E-state index contributed by atoms with van der Waals surface area (Å²) in [6, 6.07) is 20.1. The van der Waals surface area contributed by atoms with Gasteiger partial charge in [-0.1, -0.05) is 41.9 Å². The SMILES string of the molecule is COc1ccc(CNC(=O)/C(C#N)=C/c2cc(Cl)c(OCc3ccccc3)c(OC)c2)c(OC)c1. The minimum atomic E-state index is -0.537. The molecule has 0 atom stereocenters. The Morgan fingerprint density at radius 2 is 1.74 bits per heavy atom. The molecule has 3 rings (SSSR count). The highest BCUT2D eigenvalue weighted by Crippen LogP contribution is 2.37. The lowest BCUT2D eigenvalue weighted by Crippen LogP contribution is -2.24. The maximum atomic E-state index is 12.7. The Bertz CT molecular complexity index is 1250. The molecule has 8 heteroatoms. The molecule has 0 bridgehead atoms. The Morgan fingerprint density at radius 1 is 1.00 bits per heavy atom. The van der Waals surface area contributed by atoms with E-state index in [-0.39, 0.29) is 12.1 Å². The Morgan fingerprint density at radius 3 is 2.40 bits per heavy atom. The summed E-state index contributed by atoms with van der Waals surface area (Å²) in [7, 11) is 4.59. The van der Waals surface area contributed by atoms with E-state index in [1.807, 2.05) is 36.4 Å². The fourth-order valence-corrected chi connectivity index (χ4v) is 3.55. The van der Waals surface area contributed by atoms with E-state index in [2.05, 4.69) is 5.32 Å². The normalized spacial score (nSPS) is 10.8. The largest absolute Gasteiger partial charge is 0.497 e. The first-order chi connectivity index (χ1) is 17.0. The van der Waals surface area contributed by atoms with E-state index in [0.717, 1.165) is 11.1 Å². The predicted molar refractivity (Wildman–Crippen MR) is 134 cm³/mol. The van der Waals surface area contributed by atoms with Crippen LogP contribution in [0.1, 0.15) is 16.7 Å². The number of nitriles is 1. The number of nitrogens with one attached hydrogen (secondary N) is 1. The Labute approximate surface area is 209 Å². The van der Waals surface area contributed by atoms with E-state index in [1.54, 1.807) is 37.4 Å². The van der Waals surface area contributed by atoms with Crippen molar-refractivity contribution in [3.8, 4) is 29.1 Å². The van der Waals surface area contributed by atoms with Crippen molar-refractivity contribution in [1.29, 1.82) is 5.26 Å². The number of rotatable bonds is 10. The van der Waals surface area contributed by atoms with Crippen molar-refractivity contribution in [2.24, 2.45) is 0 Å². The highest BCUT2D eigenvalue weighted by Gasteiger charge is 2.15. The third-order valence-corrected chi connectivity index (χ3v) is 5.37. The minimum Gasteiger partial charge on any atom is -0.497 e. The smallest absolute Gasteiger partial charge is 0.262 e. The summed E-state index contributed by atoms with van der Waals surface area (Å²) >= 11 is 6.44. The van der Waals surface area contributed by atoms with Crippen LogP contribution in [-0.2, 0) is 17.9 Å². The molecule has 0 spiro atoms. The highest BCUT2D eigenvalue weighted by molar-refractivity contribution is 6.32. The molecule has 0 unspecified atom stereocenters. The van der Waals surface area contributed by atoms with Gasteiger partial charge in [0, 0.05) is 18.2 Å². The summed E-state index contributed by atoms with van der Waals surface area (Å²) in [5.74, 6) is 1.43. The van der Waals surface area contributed by atoms with Crippen molar-refractivity contribution in [3.05, 3.63) is 87.9 Å². The maximum absolute atomic E-state index is 12.7. The third-order valence-electron chi connectivity index (χ3n) is 5.09. The molecule has 0 saturated heterocycles. The second-order valence-electron chi connectivity index (χ2n) is 7.34. The summed E-state index contributed by atoms with van der Waals surface area (Å²) < 4.78 is 21.8. The van der Waals surface area contributed by atoms with Gasteiger partial charge in [0.15, 0.2) is 11.5 Å². The zero-order valence-corrected chi connectivity index (χ0v) is 20.4. The van der Waals surface area contributed by atoms with E-state index in [1.165, 1.54) is 20.3 Å². The highest BCUT2D eigenvalue weighted by atomic mass is 35.5. The number of hydrogen-bond donors (Lipinski definition) is 1. The zero-order valence-electron chi connectivity index (χ0n) is 19.6. The van der Waals surface area contributed by atoms with E-state index >= 15 is 0 Å². The van der Waals surface area contributed by atoms with Gasteiger partial charge in [-0.05, 0) is 41.5 Å². The van der Waals surface area contributed by atoms with Crippen molar-refractivity contribution in [3.63, 3.8) is 0 Å². The molecule has 0 radical (unpaired) electrons. The van der Waals surface area contributed by atoms with Crippen molar-refractivity contribution in [2.75, 3.05) is 21.3 Å². The molecule has 0 aliphatic heterocycles. The Balaban J connectivity index is 1.75. The van der Waals surface area contributed by atoms with Gasteiger partial charge in [0.05, 0.1) is 26.4 Å². The number of amides is 1. The molecule has 0 aromatic heterocycles. The molecule has 7 nitrogen and oxygen atoms in total. The van der Waals surface area contributed by atoms with Gasteiger partial charge in [-0.25, -0.2) is 0 Å². The number of ether oxygens (including phenoxy) is 4. The van der Waals surface area contributed by atoms with Gasteiger partial charge >= 0.3 is 0 Å². The lowest BCUT2D eigenvalue weighted by atomic mass is 10.1. The van der Waals surface area contributed by atoms with Crippen LogP contribution in [0.15, 0.2) is 66.2 Å². The van der Waals surface area contributed by atoms with E-state index in [9.17, 15) is 10.1 Å². The standard InChI is InChI=1S/C27H25ClN2O5/c1-32-22-10-9-20(24(14-22)33-2)16-30-27(31)21(15-29)11-19-12-23(28)26(25(13-19)34-3)35-17-18-7-5-4-6-8-18/h4-14H,16-17H2,1-3H3,(H,30,31)/b21-11+. The van der Waals surface area contributed by atoms with Gasteiger partial charge in [-0.15, -0.1) is 0 Å². The summed E-state index contributed by atoms with van der Waals surface area (Å²) in [6.45, 7) is 0.480. The average Bonchev–Trinajstić information content (AvgIpc) is 2.89. The van der Waals surface area contributed by atoms with Gasteiger partial charge in [-0.3, -0.25) is 4.79 Å². The second kappa shape index (κ2) is 12.4. The number of benzene rings is 3. The van der Waals surface area contributed by atoms with Crippen LogP contribution in [0.3, 0.4) is 0 Å². The van der Waals surface area contributed by atoms with Crippen LogP contribution in [0.4, 0.5) is 0 Å². The number of methoxy groups -OCH3 is 3. The predicted octanol–water partition coefficient (Wildman–Crippen LogP) is 5.17. The first-order valence-corrected chi connectivity index (χ1v) is 11.0. The number of halogens is 1. The number of carbonyl (C=O) groups excluding carboxylic acids is 1. The van der Waals surface area contributed by atoms with Crippen LogP contribution in [0.2, 0.25) is 5.02 Å². The number of nitrogens with zero attached hydrogens (tertiary/aromatic N) is 1. The van der Waals surface area contributed by atoms with E-state index in [0.29, 0.717) is 40.2 Å². The first-order valence-electron chi connectivity index (χ1n) is 10.6. The summed E-state index contributed by atoms with van der Waals surface area (Å²) in [5, 5.41) is 12.6. The first kappa shape index (κ1) is 25.5. The summed E-state index contributed by atoms with van der Waals surface area (Å²) in [4.78, 5) is 12.7. The molecule has 0 fully saturated rings. The van der Waals surface area contributed by atoms with Crippen LogP contribution in [0.5, 0.6) is 23.0 Å². The fraction of sp³-hybridized carbons (Fsp3) is 0.185. The van der Waals surface area contributed by atoms with Crippen molar-refractivity contribution >= 4 is 23.6 Å². The summed E-state index contributed by atoms with van der Waals surface area (Å²) in [6.07, 6.45) is 1.44. The van der Waals surface area contributed by atoms with Crippen LogP contribution < -0.4 is 24.3 Å². The van der Waals surface area contributed by atoms with Crippen molar-refractivity contribution in [1.82, 2.24) is 5.32 Å². The van der Waals surface area contributed by atoms with Crippen LogP contribution >= 0.6 is 11.6 Å². The van der Waals surface area contributed by atoms with Crippen molar-refractivity contribution in [2.45, 2.75) is 13.2 Å². The molecule has 180 valence electrons. The molecule has 0 saturated carbocycles. The molecule has 1 N–H and O–H groups in total. The molecule has 3 aromatic carbocycles. The van der Waals surface area contributed by atoms with E-state index < -0.39 is 5.91 Å². The molecule has 35 heavy (non-hydrogen) atoms. The molecule has 0 aliphatic rings.